The number of aromatic nitrogens is 5. The molecular weight excluding hydrogens is 241 g/mol. The predicted octanol–water partition coefficient (Wildman–Crippen LogP) is -0.193. The van der Waals surface area contributed by atoms with Crippen molar-refractivity contribution < 1.29 is 9.18 Å². The number of tetrazole rings is 1. The molecule has 4 N–H and O–H groups in total. The van der Waals surface area contributed by atoms with E-state index in [1.807, 2.05) is 0 Å². The topological polar surface area (TPSA) is 122 Å². The number of nitrogen functional groups attached to an aromatic ring is 1. The normalized spacial score (nSPS) is 12.1. The summed E-state index contributed by atoms with van der Waals surface area (Å²) in [7, 11) is 0. The van der Waals surface area contributed by atoms with E-state index < -0.39 is 17.8 Å². The Balaban J connectivity index is 2.15. The Morgan fingerprint density at radius 2 is 2.39 bits per heavy atom. The van der Waals surface area contributed by atoms with Crippen molar-refractivity contribution in [1.82, 2.24) is 30.9 Å². The molecule has 2 aromatic heterocycles. The van der Waals surface area contributed by atoms with Crippen molar-refractivity contribution in [2.75, 3.05) is 5.73 Å². The number of carbonyl (C=O) groups is 1. The van der Waals surface area contributed by atoms with E-state index in [4.69, 9.17) is 5.73 Å². The smallest absolute Gasteiger partial charge is 0.255 e. The Kier molecular flexibility index (Phi) is 3.13. The lowest BCUT2D eigenvalue weighted by Gasteiger charge is -2.10. The molecule has 1 unspecified atom stereocenters. The molecular formula is C9H10FN7O. The number of nitrogens with one attached hydrogen (secondary N) is 2. The van der Waals surface area contributed by atoms with Gasteiger partial charge in [0.15, 0.2) is 5.82 Å². The minimum Gasteiger partial charge on any atom is -0.383 e. The lowest BCUT2D eigenvalue weighted by molar-refractivity contribution is 0.0938. The lowest BCUT2D eigenvalue weighted by Crippen LogP contribution is -2.28. The number of hydrogen-bond donors (Lipinski definition) is 3. The van der Waals surface area contributed by atoms with E-state index in [1.54, 1.807) is 6.92 Å². The molecule has 2 rings (SSSR count). The fourth-order valence-electron chi connectivity index (χ4n) is 1.32. The lowest BCUT2D eigenvalue weighted by atomic mass is 10.2. The van der Waals surface area contributed by atoms with Gasteiger partial charge in [-0.25, -0.2) is 9.37 Å². The number of hydrogen-bond acceptors (Lipinski definition) is 6. The van der Waals surface area contributed by atoms with Crippen LogP contribution in [0, 0.1) is 5.82 Å². The monoisotopic (exact) mass is 251 g/mol. The van der Waals surface area contributed by atoms with Gasteiger partial charge >= 0.3 is 0 Å². The molecule has 0 fully saturated rings. The molecule has 94 valence electrons. The molecule has 0 aliphatic carbocycles. The highest BCUT2D eigenvalue weighted by Crippen LogP contribution is 2.12. The zero-order valence-electron chi connectivity index (χ0n) is 9.38. The van der Waals surface area contributed by atoms with E-state index in [1.165, 1.54) is 0 Å². The molecule has 0 spiro atoms. The van der Waals surface area contributed by atoms with E-state index >= 15 is 0 Å². The van der Waals surface area contributed by atoms with Gasteiger partial charge in [0.2, 0.25) is 0 Å². The molecule has 0 aromatic carbocycles. The highest BCUT2D eigenvalue weighted by atomic mass is 19.1. The first-order valence-corrected chi connectivity index (χ1v) is 5.03. The second-order valence-corrected chi connectivity index (χ2v) is 3.55. The fraction of sp³-hybridized carbons (Fsp3) is 0.222. The van der Waals surface area contributed by atoms with E-state index in [-0.39, 0.29) is 11.4 Å². The molecule has 0 saturated heterocycles. The van der Waals surface area contributed by atoms with Crippen LogP contribution in [-0.2, 0) is 0 Å². The molecule has 9 heteroatoms. The van der Waals surface area contributed by atoms with Crippen molar-refractivity contribution in [1.29, 1.82) is 0 Å². The predicted molar refractivity (Wildman–Crippen MR) is 58.7 cm³/mol. The highest BCUT2D eigenvalue weighted by Gasteiger charge is 2.17. The van der Waals surface area contributed by atoms with Crippen LogP contribution in [0.15, 0.2) is 12.3 Å². The third-order valence-electron chi connectivity index (χ3n) is 2.23. The molecule has 8 nitrogen and oxygen atoms in total. The van der Waals surface area contributed by atoms with Gasteiger partial charge in [-0.3, -0.25) is 4.79 Å². The number of carbonyl (C=O) groups excluding carboxylic acids is 1. The second kappa shape index (κ2) is 4.73. The molecule has 0 aliphatic rings. The van der Waals surface area contributed by atoms with Gasteiger partial charge in [-0.15, -0.1) is 10.2 Å². The number of amides is 1. The summed E-state index contributed by atoms with van der Waals surface area (Å²) in [6, 6.07) is 0.527. The Morgan fingerprint density at radius 3 is 3.06 bits per heavy atom. The van der Waals surface area contributed by atoms with Crippen LogP contribution in [0.1, 0.15) is 29.1 Å². The molecule has 1 amide bonds. The molecule has 0 aliphatic heterocycles. The number of pyridine rings is 1. The summed E-state index contributed by atoms with van der Waals surface area (Å²) in [5.41, 5.74) is 5.46. The number of rotatable bonds is 3. The van der Waals surface area contributed by atoms with Crippen LogP contribution in [0.25, 0.3) is 0 Å². The average Bonchev–Trinajstić information content (AvgIpc) is 2.85. The van der Waals surface area contributed by atoms with E-state index in [2.05, 4.69) is 30.9 Å². The minimum absolute atomic E-state index is 0.0367. The summed E-state index contributed by atoms with van der Waals surface area (Å²) in [5, 5.41) is 15.6. The summed E-state index contributed by atoms with van der Waals surface area (Å²) >= 11 is 0. The van der Waals surface area contributed by atoms with Gasteiger partial charge in [-0.1, -0.05) is 5.21 Å². The Labute approximate surface area is 101 Å². The first kappa shape index (κ1) is 11.9. The number of aromatic amines is 1. The van der Waals surface area contributed by atoms with Gasteiger partial charge < -0.3 is 11.1 Å². The number of nitrogens with zero attached hydrogens (tertiary/aromatic N) is 4. The molecule has 2 heterocycles. The maximum Gasteiger partial charge on any atom is 0.255 e. The largest absolute Gasteiger partial charge is 0.383 e. The van der Waals surface area contributed by atoms with Crippen LogP contribution < -0.4 is 11.1 Å². The first-order valence-electron chi connectivity index (χ1n) is 5.03. The van der Waals surface area contributed by atoms with E-state index in [0.29, 0.717) is 5.82 Å². The van der Waals surface area contributed by atoms with Gasteiger partial charge in [0.1, 0.15) is 11.6 Å². The van der Waals surface area contributed by atoms with Crippen LogP contribution in [-0.4, -0.2) is 31.5 Å². The summed E-state index contributed by atoms with van der Waals surface area (Å²) in [5.74, 6) is -0.932. The van der Waals surface area contributed by atoms with Crippen LogP contribution in [0.5, 0.6) is 0 Å². The van der Waals surface area contributed by atoms with Crippen LogP contribution in [0.4, 0.5) is 10.2 Å². The fourth-order valence-corrected chi connectivity index (χ4v) is 1.32. The van der Waals surface area contributed by atoms with Crippen molar-refractivity contribution in [3.63, 3.8) is 0 Å². The highest BCUT2D eigenvalue weighted by molar-refractivity contribution is 5.98. The first-order chi connectivity index (χ1) is 8.58. The number of H-pyrrole nitrogens is 1. The third-order valence-corrected chi connectivity index (χ3v) is 2.23. The zero-order valence-corrected chi connectivity index (χ0v) is 9.38. The van der Waals surface area contributed by atoms with Crippen molar-refractivity contribution in [2.24, 2.45) is 0 Å². The van der Waals surface area contributed by atoms with Crippen molar-refractivity contribution in [3.05, 3.63) is 29.5 Å². The second-order valence-electron chi connectivity index (χ2n) is 3.55. The number of nitrogens with two attached hydrogens (primary N) is 1. The zero-order chi connectivity index (χ0) is 13.1. The Morgan fingerprint density at radius 1 is 1.61 bits per heavy atom. The van der Waals surface area contributed by atoms with Gasteiger partial charge in [0.25, 0.3) is 5.91 Å². The average molecular weight is 251 g/mol. The maximum absolute atomic E-state index is 13.0. The molecule has 0 saturated carbocycles. The van der Waals surface area contributed by atoms with Crippen LogP contribution in [0.3, 0.4) is 0 Å². The van der Waals surface area contributed by atoms with Gasteiger partial charge in [0, 0.05) is 0 Å². The molecule has 0 bridgehead atoms. The Bertz CT molecular complexity index is 556. The molecule has 2 aromatic rings. The summed E-state index contributed by atoms with van der Waals surface area (Å²) in [6.45, 7) is 1.66. The maximum atomic E-state index is 13.0. The molecule has 0 radical (unpaired) electrons. The molecule has 18 heavy (non-hydrogen) atoms. The van der Waals surface area contributed by atoms with Crippen molar-refractivity contribution >= 4 is 11.7 Å². The summed E-state index contributed by atoms with van der Waals surface area (Å²) in [6.07, 6.45) is 0.939. The quantitative estimate of drug-likeness (QED) is 0.694. The van der Waals surface area contributed by atoms with Crippen molar-refractivity contribution in [3.8, 4) is 0 Å². The van der Waals surface area contributed by atoms with Crippen LogP contribution in [0.2, 0.25) is 0 Å². The van der Waals surface area contributed by atoms with Gasteiger partial charge in [0.05, 0.1) is 17.8 Å². The Hall–Kier alpha value is -2.58. The third kappa shape index (κ3) is 2.39. The van der Waals surface area contributed by atoms with Gasteiger partial charge in [-0.05, 0) is 13.0 Å². The van der Waals surface area contributed by atoms with Gasteiger partial charge in [-0.2, -0.15) is 5.21 Å². The molecule has 1 atom stereocenters. The summed E-state index contributed by atoms with van der Waals surface area (Å²) < 4.78 is 13.0. The SMILES string of the molecule is CC(NC(=O)c1cc(F)cnc1N)c1nn[nH]n1. The number of anilines is 1. The standard InChI is InChI=1S/C9H10FN7O/c1-4(8-14-16-17-15-8)13-9(18)6-2-5(10)3-12-7(6)11/h2-4H,1H3,(H2,11,12)(H,13,18)(H,14,15,16,17). The van der Waals surface area contributed by atoms with Crippen molar-refractivity contribution in [2.45, 2.75) is 13.0 Å². The number of halogens is 1. The van der Waals surface area contributed by atoms with E-state index in [9.17, 15) is 9.18 Å². The van der Waals surface area contributed by atoms with E-state index in [0.717, 1.165) is 12.3 Å². The van der Waals surface area contributed by atoms with Crippen LogP contribution >= 0.6 is 0 Å². The minimum atomic E-state index is -0.637. The summed E-state index contributed by atoms with van der Waals surface area (Å²) in [4.78, 5) is 15.4.